The summed E-state index contributed by atoms with van der Waals surface area (Å²) in [4.78, 5) is 33.9. The molecule has 128 valence electrons. The molecule has 0 fully saturated rings. The van der Waals surface area contributed by atoms with Gasteiger partial charge in [-0.3, -0.25) is 25.0 Å². The first-order valence-corrected chi connectivity index (χ1v) is 7.67. The van der Waals surface area contributed by atoms with Crippen LogP contribution in [0.15, 0.2) is 42.5 Å². The first-order chi connectivity index (χ1) is 11.8. The van der Waals surface area contributed by atoms with Gasteiger partial charge in [0.15, 0.2) is 10.9 Å². The third kappa shape index (κ3) is 4.45. The summed E-state index contributed by atoms with van der Waals surface area (Å²) in [6, 6.07) is 10.9. The number of hydrogen-bond donors (Lipinski definition) is 2. The molecule has 2 rings (SSSR count). The zero-order chi connectivity index (χ0) is 18.6. The fourth-order valence-corrected chi connectivity index (χ4v) is 2.40. The SMILES string of the molecule is CC(=O)c1ccc(NC(=S)NC(=O)c2cccc([N+](=O)[O-])c2C)cc1. The average Bonchev–Trinajstić information content (AvgIpc) is 2.54. The molecule has 0 unspecified atom stereocenters. The summed E-state index contributed by atoms with van der Waals surface area (Å²) in [7, 11) is 0. The predicted molar refractivity (Wildman–Crippen MR) is 98.0 cm³/mol. The second kappa shape index (κ2) is 7.63. The Kier molecular flexibility index (Phi) is 5.56. The van der Waals surface area contributed by atoms with E-state index >= 15 is 0 Å². The summed E-state index contributed by atoms with van der Waals surface area (Å²) in [5, 5.41) is 16.3. The van der Waals surface area contributed by atoms with Crippen LogP contribution < -0.4 is 10.6 Å². The van der Waals surface area contributed by atoms with E-state index in [4.69, 9.17) is 12.2 Å². The second-order valence-corrected chi connectivity index (χ2v) is 5.66. The molecule has 0 bridgehead atoms. The van der Waals surface area contributed by atoms with E-state index in [0.29, 0.717) is 11.3 Å². The number of nitro benzene ring substituents is 1. The van der Waals surface area contributed by atoms with Crippen molar-refractivity contribution in [2.75, 3.05) is 5.32 Å². The van der Waals surface area contributed by atoms with Gasteiger partial charge in [-0.1, -0.05) is 6.07 Å². The molecule has 1 amide bonds. The maximum atomic E-state index is 12.3. The van der Waals surface area contributed by atoms with Gasteiger partial charge in [0.2, 0.25) is 0 Å². The minimum absolute atomic E-state index is 0.0477. The molecule has 0 atom stereocenters. The Morgan fingerprint density at radius 2 is 1.76 bits per heavy atom. The summed E-state index contributed by atoms with van der Waals surface area (Å²) in [5.74, 6) is -0.595. The summed E-state index contributed by atoms with van der Waals surface area (Å²) in [5.41, 5.74) is 1.47. The van der Waals surface area contributed by atoms with Crippen LogP contribution in [0.1, 0.15) is 33.2 Å². The van der Waals surface area contributed by atoms with E-state index in [9.17, 15) is 19.7 Å². The van der Waals surface area contributed by atoms with Crippen molar-refractivity contribution in [2.24, 2.45) is 0 Å². The number of carbonyl (C=O) groups excluding carboxylic acids is 2. The van der Waals surface area contributed by atoms with Gasteiger partial charge in [-0.15, -0.1) is 0 Å². The Hall–Kier alpha value is -3.13. The van der Waals surface area contributed by atoms with Crippen molar-refractivity contribution in [3.05, 3.63) is 69.3 Å². The summed E-state index contributed by atoms with van der Waals surface area (Å²) in [6.45, 7) is 2.97. The van der Waals surface area contributed by atoms with E-state index in [0.717, 1.165) is 0 Å². The molecule has 0 radical (unpaired) electrons. The van der Waals surface area contributed by atoms with Crippen LogP contribution in [0.2, 0.25) is 0 Å². The molecule has 2 aromatic carbocycles. The Morgan fingerprint density at radius 3 is 2.32 bits per heavy atom. The fraction of sp³-hybridized carbons (Fsp3) is 0.118. The summed E-state index contributed by atoms with van der Waals surface area (Å²) < 4.78 is 0. The van der Waals surface area contributed by atoms with Crippen LogP contribution in [0.3, 0.4) is 0 Å². The van der Waals surface area contributed by atoms with Crippen molar-refractivity contribution in [2.45, 2.75) is 13.8 Å². The lowest BCUT2D eigenvalue weighted by Gasteiger charge is -2.11. The average molecular weight is 357 g/mol. The Bertz CT molecular complexity index is 863. The standard InChI is InChI=1S/C17H15N3O4S/c1-10-14(4-3-5-15(10)20(23)24)16(22)19-17(25)18-13-8-6-12(7-9-13)11(2)21/h3-9H,1-2H3,(H2,18,19,22,25). The molecule has 0 aliphatic rings. The number of hydrogen-bond acceptors (Lipinski definition) is 5. The number of rotatable bonds is 4. The Balaban J connectivity index is 2.08. The fourth-order valence-electron chi connectivity index (χ4n) is 2.19. The number of anilines is 1. The third-order valence-corrected chi connectivity index (χ3v) is 3.73. The van der Waals surface area contributed by atoms with Gasteiger partial charge in [0.05, 0.1) is 4.92 Å². The molecule has 0 aliphatic carbocycles. The molecule has 0 spiro atoms. The van der Waals surface area contributed by atoms with E-state index in [1.165, 1.54) is 32.0 Å². The first-order valence-electron chi connectivity index (χ1n) is 7.27. The van der Waals surface area contributed by atoms with E-state index < -0.39 is 10.8 Å². The first kappa shape index (κ1) is 18.2. The quantitative estimate of drug-likeness (QED) is 0.377. The highest BCUT2D eigenvalue weighted by atomic mass is 32.1. The minimum Gasteiger partial charge on any atom is -0.332 e. The van der Waals surface area contributed by atoms with Crippen LogP contribution in [0.25, 0.3) is 0 Å². The van der Waals surface area contributed by atoms with Crippen LogP contribution >= 0.6 is 12.2 Å². The molecule has 0 heterocycles. The number of carbonyl (C=O) groups is 2. The van der Waals surface area contributed by atoms with Gasteiger partial charge in [-0.25, -0.2) is 0 Å². The highest BCUT2D eigenvalue weighted by Crippen LogP contribution is 2.21. The van der Waals surface area contributed by atoms with Gasteiger partial charge < -0.3 is 5.32 Å². The molecule has 0 saturated carbocycles. The molecule has 0 saturated heterocycles. The van der Waals surface area contributed by atoms with Gasteiger partial charge >= 0.3 is 0 Å². The van der Waals surface area contributed by atoms with Crippen molar-refractivity contribution in [3.63, 3.8) is 0 Å². The summed E-state index contributed by atoms with van der Waals surface area (Å²) in [6.07, 6.45) is 0. The van der Waals surface area contributed by atoms with Crippen molar-refractivity contribution in [1.29, 1.82) is 0 Å². The molecule has 8 heteroatoms. The van der Waals surface area contributed by atoms with Gasteiger partial charge in [0.1, 0.15) is 0 Å². The van der Waals surface area contributed by atoms with Gasteiger partial charge in [0.25, 0.3) is 11.6 Å². The number of ketones is 1. The number of amides is 1. The topological polar surface area (TPSA) is 101 Å². The number of nitrogens with one attached hydrogen (secondary N) is 2. The molecule has 0 aromatic heterocycles. The van der Waals surface area contributed by atoms with Crippen LogP contribution in [-0.2, 0) is 0 Å². The van der Waals surface area contributed by atoms with Crippen molar-refractivity contribution in [3.8, 4) is 0 Å². The number of thiocarbonyl (C=S) groups is 1. The Labute approximate surface area is 149 Å². The highest BCUT2D eigenvalue weighted by molar-refractivity contribution is 7.80. The highest BCUT2D eigenvalue weighted by Gasteiger charge is 2.18. The number of benzene rings is 2. The maximum Gasteiger partial charge on any atom is 0.273 e. The molecular formula is C17H15N3O4S. The van der Waals surface area contributed by atoms with Crippen LogP contribution in [0.5, 0.6) is 0 Å². The zero-order valence-corrected chi connectivity index (χ0v) is 14.3. The monoisotopic (exact) mass is 357 g/mol. The molecular weight excluding hydrogens is 342 g/mol. The molecule has 0 aliphatic heterocycles. The van der Waals surface area contributed by atoms with Crippen molar-refractivity contribution in [1.82, 2.24) is 5.32 Å². The van der Waals surface area contributed by atoms with Gasteiger partial charge in [0, 0.05) is 28.4 Å². The predicted octanol–water partition coefficient (Wildman–Crippen LogP) is 3.23. The van der Waals surface area contributed by atoms with Crippen LogP contribution in [0.4, 0.5) is 11.4 Å². The van der Waals surface area contributed by atoms with Gasteiger partial charge in [-0.2, -0.15) is 0 Å². The van der Waals surface area contributed by atoms with Crippen molar-refractivity contribution >= 4 is 40.4 Å². The molecule has 7 nitrogen and oxygen atoms in total. The number of nitrogens with zero attached hydrogens (tertiary/aromatic N) is 1. The lowest BCUT2D eigenvalue weighted by Crippen LogP contribution is -2.34. The normalized spacial score (nSPS) is 10.0. The lowest BCUT2D eigenvalue weighted by molar-refractivity contribution is -0.385. The minimum atomic E-state index is -0.543. The number of nitro groups is 1. The van der Waals surface area contributed by atoms with Crippen molar-refractivity contribution < 1.29 is 14.5 Å². The van der Waals surface area contributed by atoms with E-state index in [2.05, 4.69) is 10.6 Å². The third-order valence-electron chi connectivity index (χ3n) is 3.52. The zero-order valence-electron chi connectivity index (χ0n) is 13.5. The van der Waals surface area contributed by atoms with Crippen LogP contribution in [-0.4, -0.2) is 21.7 Å². The molecule has 2 aromatic rings. The van der Waals surface area contributed by atoms with E-state index in [-0.39, 0.29) is 27.7 Å². The Morgan fingerprint density at radius 1 is 1.12 bits per heavy atom. The van der Waals surface area contributed by atoms with Crippen LogP contribution in [0, 0.1) is 17.0 Å². The molecule has 2 N–H and O–H groups in total. The van der Waals surface area contributed by atoms with E-state index in [1.807, 2.05) is 0 Å². The second-order valence-electron chi connectivity index (χ2n) is 5.25. The number of Topliss-reactive ketones (excluding diaryl/α,β-unsaturated/α-hetero) is 1. The summed E-state index contributed by atoms with van der Waals surface area (Å²) >= 11 is 5.08. The smallest absolute Gasteiger partial charge is 0.273 e. The lowest BCUT2D eigenvalue weighted by atomic mass is 10.1. The van der Waals surface area contributed by atoms with Gasteiger partial charge in [-0.05, 0) is 56.4 Å². The van der Waals surface area contributed by atoms with E-state index in [1.54, 1.807) is 24.3 Å². The maximum absolute atomic E-state index is 12.3. The largest absolute Gasteiger partial charge is 0.332 e. The molecule has 25 heavy (non-hydrogen) atoms.